The van der Waals surface area contributed by atoms with Crippen LogP contribution in [0.4, 0.5) is 0 Å². The van der Waals surface area contributed by atoms with Crippen LogP contribution in [0, 0.1) is 0 Å². The molecule has 0 bridgehead atoms. The zero-order valence-corrected chi connectivity index (χ0v) is 13.6. The monoisotopic (exact) mass is 315 g/mol. The first-order valence-electron chi connectivity index (χ1n) is 7.63. The van der Waals surface area contributed by atoms with Gasteiger partial charge in [-0.1, -0.05) is 30.3 Å². The Balaban J connectivity index is 1.68. The fourth-order valence-corrected chi connectivity index (χ4v) is 2.43. The number of nitrogens with one attached hydrogen (secondary N) is 1. The van der Waals surface area contributed by atoms with Crippen molar-refractivity contribution in [3.63, 3.8) is 0 Å². The van der Waals surface area contributed by atoms with Crippen molar-refractivity contribution in [2.45, 2.75) is 38.3 Å². The summed E-state index contributed by atoms with van der Waals surface area (Å²) in [6.45, 7) is 6.90. The van der Waals surface area contributed by atoms with E-state index in [9.17, 15) is 4.79 Å². The maximum atomic E-state index is 12.4. The smallest absolute Gasteiger partial charge is 0.228 e. The van der Waals surface area contributed by atoms with E-state index in [1.165, 1.54) is 4.80 Å². The first kappa shape index (κ1) is 15.6. The molecule has 1 amide bonds. The first-order valence-corrected chi connectivity index (χ1v) is 7.63. The van der Waals surface area contributed by atoms with Crippen molar-refractivity contribution >= 4 is 5.91 Å². The van der Waals surface area contributed by atoms with Gasteiger partial charge in [0.15, 0.2) is 5.82 Å². The summed E-state index contributed by atoms with van der Waals surface area (Å²) in [7, 11) is 0. The standard InChI is InChI=1S/C16H21N5O2/c1-15(2,3)21-19-13(18-20-21)9-14(22)17-16(10-23-11-16)12-7-5-4-6-8-12/h4-8H,9-11H2,1-3H3,(H,17,22). The van der Waals surface area contributed by atoms with Crippen molar-refractivity contribution in [1.29, 1.82) is 0 Å². The highest BCUT2D eigenvalue weighted by Crippen LogP contribution is 2.29. The van der Waals surface area contributed by atoms with Crippen molar-refractivity contribution in [2.75, 3.05) is 13.2 Å². The Kier molecular flexibility index (Phi) is 3.89. The van der Waals surface area contributed by atoms with Gasteiger partial charge >= 0.3 is 0 Å². The van der Waals surface area contributed by atoms with Crippen LogP contribution in [0.25, 0.3) is 0 Å². The number of benzene rings is 1. The van der Waals surface area contributed by atoms with E-state index in [1.54, 1.807) is 0 Å². The van der Waals surface area contributed by atoms with Crippen LogP contribution in [0.1, 0.15) is 32.2 Å². The zero-order valence-electron chi connectivity index (χ0n) is 13.6. The van der Waals surface area contributed by atoms with E-state index < -0.39 is 5.54 Å². The minimum Gasteiger partial charge on any atom is -0.376 e. The van der Waals surface area contributed by atoms with Crippen molar-refractivity contribution in [1.82, 2.24) is 25.5 Å². The van der Waals surface area contributed by atoms with Gasteiger partial charge in [-0.3, -0.25) is 4.79 Å². The molecule has 0 unspecified atom stereocenters. The van der Waals surface area contributed by atoms with Crippen LogP contribution in [-0.4, -0.2) is 39.3 Å². The third-order valence-corrected chi connectivity index (χ3v) is 3.78. The number of aromatic nitrogens is 4. The van der Waals surface area contributed by atoms with Gasteiger partial charge in [0.25, 0.3) is 0 Å². The second kappa shape index (κ2) is 5.73. The van der Waals surface area contributed by atoms with Crippen LogP contribution in [0.15, 0.2) is 30.3 Å². The fraction of sp³-hybridized carbons (Fsp3) is 0.500. The Labute approximate surface area is 135 Å². The first-order chi connectivity index (χ1) is 10.9. The normalized spacial score (nSPS) is 16.7. The topological polar surface area (TPSA) is 81.9 Å². The average molecular weight is 315 g/mol. The summed E-state index contributed by atoms with van der Waals surface area (Å²) in [5.41, 5.74) is 0.346. The van der Waals surface area contributed by atoms with Crippen LogP contribution >= 0.6 is 0 Å². The Morgan fingerprint density at radius 2 is 2.00 bits per heavy atom. The number of hydrogen-bond acceptors (Lipinski definition) is 5. The van der Waals surface area contributed by atoms with Crippen LogP contribution in [-0.2, 0) is 27.0 Å². The van der Waals surface area contributed by atoms with Gasteiger partial charge in [-0.2, -0.15) is 4.80 Å². The summed E-state index contributed by atoms with van der Waals surface area (Å²) in [6, 6.07) is 9.86. The van der Waals surface area contributed by atoms with Gasteiger partial charge in [-0.15, -0.1) is 10.2 Å². The van der Waals surface area contributed by atoms with E-state index in [4.69, 9.17) is 4.74 Å². The Morgan fingerprint density at radius 3 is 2.52 bits per heavy atom. The number of carbonyl (C=O) groups is 1. The molecule has 1 aliphatic heterocycles. The average Bonchev–Trinajstić information content (AvgIpc) is 2.92. The highest BCUT2D eigenvalue weighted by molar-refractivity contribution is 5.79. The highest BCUT2D eigenvalue weighted by atomic mass is 16.5. The molecule has 122 valence electrons. The van der Waals surface area contributed by atoms with Gasteiger partial charge in [0.05, 0.1) is 25.2 Å². The molecule has 1 fully saturated rings. The summed E-state index contributed by atoms with van der Waals surface area (Å²) >= 11 is 0. The third kappa shape index (κ3) is 3.24. The molecule has 1 N–H and O–H groups in total. The lowest BCUT2D eigenvalue weighted by molar-refractivity contribution is -0.133. The molecule has 0 atom stereocenters. The Bertz CT molecular complexity index is 686. The van der Waals surface area contributed by atoms with Crippen LogP contribution in [0.3, 0.4) is 0 Å². The molecule has 2 heterocycles. The lowest BCUT2D eigenvalue weighted by Crippen LogP contribution is -2.59. The molecular formula is C16H21N5O2. The van der Waals surface area contributed by atoms with E-state index in [0.29, 0.717) is 19.0 Å². The van der Waals surface area contributed by atoms with Gasteiger partial charge in [0, 0.05) is 0 Å². The largest absolute Gasteiger partial charge is 0.376 e. The van der Waals surface area contributed by atoms with Crippen LogP contribution in [0.5, 0.6) is 0 Å². The molecule has 23 heavy (non-hydrogen) atoms. The van der Waals surface area contributed by atoms with Crippen molar-refractivity contribution in [3.05, 3.63) is 41.7 Å². The summed E-state index contributed by atoms with van der Waals surface area (Å²) in [4.78, 5) is 13.9. The summed E-state index contributed by atoms with van der Waals surface area (Å²) < 4.78 is 5.33. The van der Waals surface area contributed by atoms with E-state index in [2.05, 4.69) is 20.7 Å². The number of tetrazole rings is 1. The molecule has 7 nitrogen and oxygen atoms in total. The highest BCUT2D eigenvalue weighted by Gasteiger charge is 2.41. The lowest BCUT2D eigenvalue weighted by atomic mass is 9.88. The predicted molar refractivity (Wildman–Crippen MR) is 83.6 cm³/mol. The fourth-order valence-electron chi connectivity index (χ4n) is 2.43. The third-order valence-electron chi connectivity index (χ3n) is 3.78. The van der Waals surface area contributed by atoms with Gasteiger partial charge in [0.2, 0.25) is 5.91 Å². The van der Waals surface area contributed by atoms with Gasteiger partial charge in [-0.05, 0) is 31.5 Å². The molecule has 1 saturated heterocycles. The second-order valence-corrected chi connectivity index (χ2v) is 6.83. The molecule has 7 heteroatoms. The molecular weight excluding hydrogens is 294 g/mol. The second-order valence-electron chi connectivity index (χ2n) is 6.83. The zero-order chi connectivity index (χ0) is 16.5. The summed E-state index contributed by atoms with van der Waals surface area (Å²) in [5, 5.41) is 15.3. The number of hydrogen-bond donors (Lipinski definition) is 1. The number of rotatable bonds is 4. The number of amides is 1. The van der Waals surface area contributed by atoms with E-state index in [1.807, 2.05) is 51.1 Å². The number of ether oxygens (including phenoxy) is 1. The van der Waals surface area contributed by atoms with Crippen LogP contribution in [0.2, 0.25) is 0 Å². The number of carbonyl (C=O) groups excluding carboxylic acids is 1. The SMILES string of the molecule is CC(C)(C)n1nnc(CC(=O)NC2(c3ccccc3)COC2)n1. The Morgan fingerprint density at radius 1 is 1.30 bits per heavy atom. The van der Waals surface area contributed by atoms with Crippen LogP contribution < -0.4 is 5.32 Å². The summed E-state index contributed by atoms with van der Waals surface area (Å²) in [6.07, 6.45) is 0.102. The molecule has 1 aromatic heterocycles. The Hall–Kier alpha value is -2.28. The molecule has 1 aliphatic rings. The molecule has 0 radical (unpaired) electrons. The van der Waals surface area contributed by atoms with Crippen molar-refractivity contribution in [3.8, 4) is 0 Å². The van der Waals surface area contributed by atoms with E-state index >= 15 is 0 Å². The van der Waals surface area contributed by atoms with Gasteiger partial charge in [-0.25, -0.2) is 0 Å². The molecule has 0 spiro atoms. The quantitative estimate of drug-likeness (QED) is 0.910. The predicted octanol–water partition coefficient (Wildman–Crippen LogP) is 1.01. The minimum atomic E-state index is -0.446. The number of nitrogens with zero attached hydrogens (tertiary/aromatic N) is 4. The molecule has 0 aliphatic carbocycles. The molecule has 3 rings (SSSR count). The molecule has 0 saturated carbocycles. The van der Waals surface area contributed by atoms with Crippen molar-refractivity contribution < 1.29 is 9.53 Å². The van der Waals surface area contributed by atoms with Gasteiger partial charge in [0.1, 0.15) is 5.54 Å². The lowest BCUT2D eigenvalue weighted by Gasteiger charge is -2.42. The van der Waals surface area contributed by atoms with Gasteiger partial charge < -0.3 is 10.1 Å². The maximum absolute atomic E-state index is 12.4. The van der Waals surface area contributed by atoms with Crippen molar-refractivity contribution in [2.24, 2.45) is 0 Å². The molecule has 2 aromatic rings. The van der Waals surface area contributed by atoms with E-state index in [-0.39, 0.29) is 17.9 Å². The molecule has 1 aromatic carbocycles. The maximum Gasteiger partial charge on any atom is 0.228 e. The van der Waals surface area contributed by atoms with E-state index in [0.717, 1.165) is 5.56 Å². The minimum absolute atomic E-state index is 0.102. The summed E-state index contributed by atoms with van der Waals surface area (Å²) in [5.74, 6) is 0.284.